The third kappa shape index (κ3) is 3.58. The van der Waals surface area contributed by atoms with Gasteiger partial charge < -0.3 is 18.9 Å². The van der Waals surface area contributed by atoms with Gasteiger partial charge >= 0.3 is 0 Å². The van der Waals surface area contributed by atoms with E-state index in [0.717, 1.165) is 17.6 Å². The largest absolute Gasteiger partial charge is 0.494 e. The maximum Gasteiger partial charge on any atom is 0.254 e. The Morgan fingerprint density at radius 1 is 1.22 bits per heavy atom. The van der Waals surface area contributed by atoms with E-state index in [9.17, 15) is 9.59 Å². The van der Waals surface area contributed by atoms with Crippen molar-refractivity contribution in [2.45, 2.75) is 38.3 Å². The number of hydrogen-bond donors (Lipinski definition) is 1. The summed E-state index contributed by atoms with van der Waals surface area (Å²) in [4.78, 5) is 32.8. The Labute approximate surface area is 206 Å². The van der Waals surface area contributed by atoms with Crippen LogP contribution in [0.2, 0.25) is 0 Å². The number of carbonyl (C=O) groups excluding carboxylic acids is 2. The second-order valence-corrected chi connectivity index (χ2v) is 9.20. The number of aromatic amines is 1. The highest BCUT2D eigenvalue weighted by Crippen LogP contribution is 2.41. The summed E-state index contributed by atoms with van der Waals surface area (Å²) in [7, 11) is 1.58. The summed E-state index contributed by atoms with van der Waals surface area (Å²) in [6, 6.07) is 8.98. The lowest BCUT2D eigenvalue weighted by atomic mass is 9.82. The maximum atomic E-state index is 13.4. The van der Waals surface area contributed by atoms with Crippen LogP contribution in [0, 0.1) is 0 Å². The van der Waals surface area contributed by atoms with E-state index in [1.807, 2.05) is 28.5 Å². The number of benzene rings is 2. The lowest BCUT2D eigenvalue weighted by Crippen LogP contribution is -2.52. The van der Waals surface area contributed by atoms with Gasteiger partial charge in [-0.1, -0.05) is 0 Å². The number of likely N-dealkylation sites (tertiary alicyclic amines) is 1. The van der Waals surface area contributed by atoms with Crippen LogP contribution in [-0.4, -0.2) is 72.6 Å². The van der Waals surface area contributed by atoms with E-state index in [1.165, 1.54) is 0 Å². The van der Waals surface area contributed by atoms with Crippen molar-refractivity contribution in [2.75, 3.05) is 20.2 Å². The number of methoxy groups -OCH3 is 1. The molecular formula is C25H25N7O4. The van der Waals surface area contributed by atoms with Crippen molar-refractivity contribution in [2.24, 2.45) is 0 Å². The molecule has 1 saturated heterocycles. The Balaban J connectivity index is 1.20. The number of hydrogen-bond acceptors (Lipinski definition) is 8. The number of Topliss-reactive ketones (excluding diaryl/α,β-unsaturated/α-hetero) is 1. The lowest BCUT2D eigenvalue weighted by molar-refractivity contribution is -0.00570. The number of aryl methyl sites for hydroxylation is 1. The minimum Gasteiger partial charge on any atom is -0.494 e. The number of imidazole rings is 1. The fourth-order valence-electron chi connectivity index (χ4n) is 5.16. The number of ether oxygens (including phenoxy) is 2. The van der Waals surface area contributed by atoms with Crippen LogP contribution in [0.4, 0.5) is 0 Å². The summed E-state index contributed by atoms with van der Waals surface area (Å²) in [5.41, 5.74) is 2.78. The molecular weight excluding hydrogens is 462 g/mol. The molecule has 184 valence electrons. The minimum atomic E-state index is -0.614. The number of amides is 1. The third-order valence-electron chi connectivity index (χ3n) is 7.15. The zero-order valence-corrected chi connectivity index (χ0v) is 20.0. The van der Waals surface area contributed by atoms with Crippen LogP contribution >= 0.6 is 0 Å². The Hall–Kier alpha value is -4.28. The van der Waals surface area contributed by atoms with Gasteiger partial charge in [0.15, 0.2) is 5.78 Å². The Kier molecular flexibility index (Phi) is 5.20. The molecule has 1 N–H and O–H groups in total. The first kappa shape index (κ1) is 22.2. The highest BCUT2D eigenvalue weighted by molar-refractivity contribution is 6.02. The third-order valence-corrected chi connectivity index (χ3v) is 7.15. The molecule has 2 aliphatic heterocycles. The van der Waals surface area contributed by atoms with E-state index in [2.05, 4.69) is 25.6 Å². The summed E-state index contributed by atoms with van der Waals surface area (Å²) >= 11 is 0. The fraction of sp³-hybridized carbons (Fsp3) is 0.360. The van der Waals surface area contributed by atoms with Gasteiger partial charge in [0.1, 0.15) is 22.6 Å². The van der Waals surface area contributed by atoms with E-state index in [0.29, 0.717) is 59.9 Å². The first-order valence-corrected chi connectivity index (χ1v) is 11.9. The molecule has 0 radical (unpaired) electrons. The summed E-state index contributed by atoms with van der Waals surface area (Å²) < 4.78 is 13.9. The molecule has 4 aromatic rings. The average molecular weight is 488 g/mol. The van der Waals surface area contributed by atoms with Gasteiger partial charge in [0, 0.05) is 43.6 Å². The fourth-order valence-corrected chi connectivity index (χ4v) is 5.16. The molecule has 0 bridgehead atoms. The number of nitrogens with zero attached hydrogens (tertiary/aromatic N) is 6. The predicted molar refractivity (Wildman–Crippen MR) is 129 cm³/mol. The van der Waals surface area contributed by atoms with Gasteiger partial charge in [0.2, 0.25) is 5.82 Å². The van der Waals surface area contributed by atoms with Crippen LogP contribution < -0.4 is 9.47 Å². The van der Waals surface area contributed by atoms with Gasteiger partial charge in [-0.05, 0) is 42.5 Å². The zero-order valence-electron chi connectivity index (χ0n) is 20.0. The number of nitrogens with one attached hydrogen (secondary N) is 1. The number of tetrazole rings is 1. The summed E-state index contributed by atoms with van der Waals surface area (Å²) in [6.45, 7) is 3.76. The Morgan fingerprint density at radius 2 is 2.06 bits per heavy atom. The number of piperidine rings is 1. The summed E-state index contributed by atoms with van der Waals surface area (Å²) in [5, 5.41) is 14.0. The number of carbonyl (C=O) groups is 2. The molecule has 6 rings (SSSR count). The smallest absolute Gasteiger partial charge is 0.254 e. The standard InChI is InChI=1S/C25H25N7O4/c1-3-31-14-26-22-18(31)11-16(12-21(22)35-2)24(34)32-8-6-25(7-9-32)13-19(33)17-10-15(4-5-20(17)36-25)23-27-29-30-28-23/h4-5,10-12,14H,3,6-9,13H2,1-2H3,(H,27,28,29,30). The van der Waals surface area contributed by atoms with Gasteiger partial charge in [-0.15, -0.1) is 10.2 Å². The monoisotopic (exact) mass is 487 g/mol. The Bertz CT molecular complexity index is 1470. The van der Waals surface area contributed by atoms with Crippen LogP contribution in [-0.2, 0) is 6.54 Å². The second-order valence-electron chi connectivity index (χ2n) is 9.20. The quantitative estimate of drug-likeness (QED) is 0.465. The zero-order chi connectivity index (χ0) is 24.9. The van der Waals surface area contributed by atoms with Gasteiger partial charge in [-0.3, -0.25) is 9.59 Å². The molecule has 2 aromatic heterocycles. The van der Waals surface area contributed by atoms with E-state index >= 15 is 0 Å². The van der Waals surface area contributed by atoms with Crippen LogP contribution in [0.1, 0.15) is 46.9 Å². The van der Waals surface area contributed by atoms with Gasteiger partial charge in [-0.25, -0.2) is 4.98 Å². The minimum absolute atomic E-state index is 0.0180. The molecule has 2 aromatic carbocycles. The predicted octanol–water partition coefficient (Wildman–Crippen LogP) is 2.89. The molecule has 11 nitrogen and oxygen atoms in total. The molecule has 11 heteroatoms. The molecule has 2 aliphatic rings. The molecule has 1 spiro atoms. The normalized spacial score (nSPS) is 16.7. The van der Waals surface area contributed by atoms with Crippen molar-refractivity contribution in [3.63, 3.8) is 0 Å². The first-order valence-electron chi connectivity index (χ1n) is 11.9. The second kappa shape index (κ2) is 8.43. The molecule has 1 amide bonds. The van der Waals surface area contributed by atoms with Crippen molar-refractivity contribution in [1.82, 2.24) is 35.1 Å². The number of ketones is 1. The molecule has 0 atom stereocenters. The topological polar surface area (TPSA) is 128 Å². The van der Waals surface area contributed by atoms with E-state index in [4.69, 9.17) is 9.47 Å². The number of aromatic nitrogens is 6. The number of H-pyrrole nitrogens is 1. The summed E-state index contributed by atoms with van der Waals surface area (Å²) in [5.74, 6) is 1.51. The van der Waals surface area contributed by atoms with Crippen molar-refractivity contribution in [3.8, 4) is 22.9 Å². The van der Waals surface area contributed by atoms with Crippen LogP contribution in [0.25, 0.3) is 22.4 Å². The van der Waals surface area contributed by atoms with Crippen LogP contribution in [0.15, 0.2) is 36.7 Å². The molecule has 0 saturated carbocycles. The van der Waals surface area contributed by atoms with Crippen molar-refractivity contribution < 1.29 is 19.1 Å². The van der Waals surface area contributed by atoms with Gasteiger partial charge in [-0.2, -0.15) is 5.21 Å². The van der Waals surface area contributed by atoms with Gasteiger partial charge in [0.05, 0.1) is 30.9 Å². The van der Waals surface area contributed by atoms with Crippen LogP contribution in [0.3, 0.4) is 0 Å². The lowest BCUT2D eigenvalue weighted by Gasteiger charge is -2.44. The number of fused-ring (bicyclic) bond motifs is 2. The first-order chi connectivity index (χ1) is 17.5. The molecule has 36 heavy (non-hydrogen) atoms. The highest BCUT2D eigenvalue weighted by atomic mass is 16.5. The molecule has 1 fully saturated rings. The van der Waals surface area contributed by atoms with Crippen molar-refractivity contribution in [3.05, 3.63) is 47.8 Å². The average Bonchev–Trinajstić information content (AvgIpc) is 3.58. The van der Waals surface area contributed by atoms with E-state index in [-0.39, 0.29) is 18.1 Å². The summed E-state index contributed by atoms with van der Waals surface area (Å²) in [6.07, 6.45) is 3.17. The van der Waals surface area contributed by atoms with Crippen molar-refractivity contribution in [1.29, 1.82) is 0 Å². The highest BCUT2D eigenvalue weighted by Gasteiger charge is 2.44. The number of rotatable bonds is 4. The van der Waals surface area contributed by atoms with Gasteiger partial charge in [0.25, 0.3) is 5.91 Å². The molecule has 0 unspecified atom stereocenters. The molecule has 0 aliphatic carbocycles. The maximum absolute atomic E-state index is 13.4. The SMILES string of the molecule is CCn1cnc2c(OC)cc(C(=O)N3CCC4(CC3)CC(=O)c3cc(-c5nn[nH]n5)ccc3O4)cc21. The van der Waals surface area contributed by atoms with Crippen LogP contribution in [0.5, 0.6) is 11.5 Å². The Morgan fingerprint density at radius 3 is 2.78 bits per heavy atom. The van der Waals surface area contributed by atoms with E-state index in [1.54, 1.807) is 31.6 Å². The molecule has 4 heterocycles. The van der Waals surface area contributed by atoms with Crippen molar-refractivity contribution >= 4 is 22.7 Å². The van der Waals surface area contributed by atoms with E-state index < -0.39 is 5.60 Å².